The molecule has 0 fully saturated rings. The van der Waals surface area contributed by atoms with E-state index in [0.717, 1.165) is 0 Å². The summed E-state index contributed by atoms with van der Waals surface area (Å²) in [5.74, 6) is -0.592. The molecule has 1 atom stereocenters. The van der Waals surface area contributed by atoms with Crippen molar-refractivity contribution < 1.29 is 9.53 Å². The topological polar surface area (TPSA) is 73.9 Å². The van der Waals surface area contributed by atoms with E-state index < -0.39 is 16.8 Å². The van der Waals surface area contributed by atoms with Crippen LogP contribution in [0.15, 0.2) is 0 Å². The summed E-state index contributed by atoms with van der Waals surface area (Å²) in [7, 11) is 0. The zero-order chi connectivity index (χ0) is 12.8. The zero-order valence-electron chi connectivity index (χ0n) is 10.3. The average molecular weight is 222 g/mol. The lowest BCUT2D eigenvalue weighted by Gasteiger charge is -2.33. The van der Waals surface area contributed by atoms with Gasteiger partial charge < -0.3 is 4.74 Å². The van der Waals surface area contributed by atoms with Crippen LogP contribution in [0, 0.1) is 33.5 Å². The molecule has 0 aromatic heterocycles. The van der Waals surface area contributed by atoms with E-state index >= 15 is 0 Å². The van der Waals surface area contributed by atoms with Gasteiger partial charge in [0, 0.05) is 0 Å². The second-order valence-electron chi connectivity index (χ2n) is 4.22. The van der Waals surface area contributed by atoms with Crippen molar-refractivity contribution in [1.29, 1.82) is 10.5 Å². The second kappa shape index (κ2) is 5.51. The number of ether oxygens (including phenoxy) is 1. The Kier molecular flexibility index (Phi) is 4.98. The van der Waals surface area contributed by atoms with Crippen LogP contribution in [-0.4, -0.2) is 12.6 Å². The third-order valence-electron chi connectivity index (χ3n) is 2.79. The summed E-state index contributed by atoms with van der Waals surface area (Å²) in [6.45, 7) is 6.98. The summed E-state index contributed by atoms with van der Waals surface area (Å²) in [6, 6.07) is 4.03. The van der Waals surface area contributed by atoms with Crippen molar-refractivity contribution in [3.8, 4) is 12.1 Å². The van der Waals surface area contributed by atoms with Crippen molar-refractivity contribution in [3.05, 3.63) is 0 Å². The van der Waals surface area contributed by atoms with Crippen LogP contribution in [-0.2, 0) is 9.53 Å². The molecule has 0 spiro atoms. The third-order valence-corrected chi connectivity index (χ3v) is 2.79. The van der Waals surface area contributed by atoms with Crippen molar-refractivity contribution in [2.24, 2.45) is 10.8 Å². The van der Waals surface area contributed by atoms with E-state index in [-0.39, 0.29) is 6.61 Å². The highest BCUT2D eigenvalue weighted by Crippen LogP contribution is 2.43. The van der Waals surface area contributed by atoms with Crippen LogP contribution in [0.25, 0.3) is 0 Å². The summed E-state index contributed by atoms with van der Waals surface area (Å²) >= 11 is 0. The van der Waals surface area contributed by atoms with E-state index in [9.17, 15) is 10.1 Å². The van der Waals surface area contributed by atoms with Gasteiger partial charge in [-0.15, -0.1) is 0 Å². The maximum absolute atomic E-state index is 11.9. The van der Waals surface area contributed by atoms with Crippen molar-refractivity contribution in [3.63, 3.8) is 0 Å². The van der Waals surface area contributed by atoms with E-state index in [1.54, 1.807) is 20.8 Å². The van der Waals surface area contributed by atoms with Crippen LogP contribution in [0.2, 0.25) is 0 Å². The number of hydrogen-bond acceptors (Lipinski definition) is 4. The lowest BCUT2D eigenvalue weighted by molar-refractivity contribution is -0.156. The SMILES string of the molecule is CCCC(C#N)(C(=O)OCC)C(C)(C)C#N. The summed E-state index contributed by atoms with van der Waals surface area (Å²) in [6.07, 6.45) is 0.986. The van der Waals surface area contributed by atoms with Crippen molar-refractivity contribution >= 4 is 5.97 Å². The average Bonchev–Trinajstić information content (AvgIpc) is 2.25. The minimum atomic E-state index is -1.37. The Morgan fingerprint density at radius 1 is 1.25 bits per heavy atom. The molecule has 0 N–H and O–H groups in total. The second-order valence-corrected chi connectivity index (χ2v) is 4.22. The molecule has 0 aliphatic heterocycles. The van der Waals surface area contributed by atoms with Gasteiger partial charge in [0.2, 0.25) is 0 Å². The van der Waals surface area contributed by atoms with Gasteiger partial charge in [-0.05, 0) is 27.2 Å². The summed E-state index contributed by atoms with van der Waals surface area (Å²) in [5, 5.41) is 18.4. The summed E-state index contributed by atoms with van der Waals surface area (Å²) < 4.78 is 4.93. The first-order valence-electron chi connectivity index (χ1n) is 5.41. The van der Waals surface area contributed by atoms with Gasteiger partial charge in [-0.3, -0.25) is 4.79 Å². The van der Waals surface area contributed by atoms with Gasteiger partial charge >= 0.3 is 5.97 Å². The molecule has 0 amide bonds. The maximum atomic E-state index is 11.9. The standard InChI is InChI=1S/C12H18N2O2/c1-5-7-12(9-14,10(15)16-6-2)11(3,4)8-13/h5-7H2,1-4H3. The van der Waals surface area contributed by atoms with E-state index in [2.05, 4.69) is 0 Å². The molecule has 0 saturated carbocycles. The molecular formula is C12H18N2O2. The summed E-state index contributed by atoms with van der Waals surface area (Å²) in [5.41, 5.74) is -2.42. The molecule has 16 heavy (non-hydrogen) atoms. The largest absolute Gasteiger partial charge is 0.465 e. The molecule has 0 aromatic carbocycles. The first kappa shape index (κ1) is 14.5. The maximum Gasteiger partial charge on any atom is 0.328 e. The van der Waals surface area contributed by atoms with Crippen LogP contribution in [0.4, 0.5) is 0 Å². The first-order chi connectivity index (χ1) is 7.41. The lowest BCUT2D eigenvalue weighted by Crippen LogP contribution is -2.44. The van der Waals surface area contributed by atoms with Gasteiger partial charge in [-0.1, -0.05) is 13.3 Å². The molecule has 0 heterocycles. The lowest BCUT2D eigenvalue weighted by atomic mass is 9.64. The van der Waals surface area contributed by atoms with E-state index in [0.29, 0.717) is 12.8 Å². The molecule has 0 saturated heterocycles. The Balaban J connectivity index is 5.44. The highest BCUT2D eigenvalue weighted by atomic mass is 16.5. The van der Waals surface area contributed by atoms with Crippen LogP contribution in [0.1, 0.15) is 40.5 Å². The van der Waals surface area contributed by atoms with Crippen LogP contribution in [0.3, 0.4) is 0 Å². The molecule has 0 radical (unpaired) electrons. The Morgan fingerprint density at radius 3 is 2.12 bits per heavy atom. The van der Waals surface area contributed by atoms with Crippen molar-refractivity contribution in [2.45, 2.75) is 40.5 Å². The highest BCUT2D eigenvalue weighted by Gasteiger charge is 2.53. The Hall–Kier alpha value is -1.55. The number of nitriles is 2. The number of rotatable bonds is 5. The number of nitrogens with zero attached hydrogens (tertiary/aromatic N) is 2. The molecule has 0 aliphatic rings. The molecule has 0 aromatic rings. The minimum absolute atomic E-state index is 0.216. The van der Waals surface area contributed by atoms with Gasteiger partial charge in [-0.25, -0.2) is 0 Å². The fourth-order valence-corrected chi connectivity index (χ4v) is 1.64. The molecule has 0 bridgehead atoms. The van der Waals surface area contributed by atoms with Gasteiger partial charge in [0.05, 0.1) is 24.2 Å². The molecular weight excluding hydrogens is 204 g/mol. The Morgan fingerprint density at radius 2 is 1.81 bits per heavy atom. The van der Waals surface area contributed by atoms with Gasteiger partial charge in [0.15, 0.2) is 5.41 Å². The predicted octanol–water partition coefficient (Wildman–Crippen LogP) is 2.41. The number of hydrogen-bond donors (Lipinski definition) is 0. The van der Waals surface area contributed by atoms with Crippen molar-refractivity contribution in [1.82, 2.24) is 0 Å². The number of carbonyl (C=O) groups is 1. The zero-order valence-corrected chi connectivity index (χ0v) is 10.3. The van der Waals surface area contributed by atoms with Crippen LogP contribution < -0.4 is 0 Å². The predicted molar refractivity (Wildman–Crippen MR) is 59.0 cm³/mol. The third kappa shape index (κ3) is 2.33. The Bertz CT molecular complexity index is 336. The number of esters is 1. The van der Waals surface area contributed by atoms with Gasteiger partial charge in [-0.2, -0.15) is 10.5 Å². The molecule has 0 rings (SSSR count). The molecule has 0 aliphatic carbocycles. The summed E-state index contributed by atoms with van der Waals surface area (Å²) in [4.78, 5) is 11.9. The van der Waals surface area contributed by atoms with Gasteiger partial charge in [0.25, 0.3) is 0 Å². The fraction of sp³-hybridized carbons (Fsp3) is 0.750. The van der Waals surface area contributed by atoms with Crippen molar-refractivity contribution in [2.75, 3.05) is 6.61 Å². The van der Waals surface area contributed by atoms with E-state index in [1.165, 1.54) is 0 Å². The molecule has 4 nitrogen and oxygen atoms in total. The van der Waals surface area contributed by atoms with Crippen LogP contribution in [0.5, 0.6) is 0 Å². The van der Waals surface area contributed by atoms with Crippen LogP contribution >= 0.6 is 0 Å². The molecule has 88 valence electrons. The molecule has 1 unspecified atom stereocenters. The monoisotopic (exact) mass is 222 g/mol. The molecule has 4 heteroatoms. The van der Waals surface area contributed by atoms with Gasteiger partial charge in [0.1, 0.15) is 0 Å². The quantitative estimate of drug-likeness (QED) is 0.669. The minimum Gasteiger partial charge on any atom is -0.465 e. The number of carbonyl (C=O) groups excluding carboxylic acids is 1. The smallest absolute Gasteiger partial charge is 0.328 e. The highest BCUT2D eigenvalue weighted by molar-refractivity contribution is 5.81. The fourth-order valence-electron chi connectivity index (χ4n) is 1.64. The van der Waals surface area contributed by atoms with E-state index in [4.69, 9.17) is 10.00 Å². The first-order valence-corrected chi connectivity index (χ1v) is 5.41. The van der Waals surface area contributed by atoms with E-state index in [1.807, 2.05) is 19.1 Å². The normalized spacial score (nSPS) is 14.4. The Labute approximate surface area is 96.8 Å².